The largest absolute Gasteiger partial charge is 0.497 e. The van der Waals surface area contributed by atoms with Crippen molar-refractivity contribution in [2.24, 2.45) is 0 Å². The second kappa shape index (κ2) is 10.3. The van der Waals surface area contributed by atoms with Crippen molar-refractivity contribution in [2.75, 3.05) is 20.7 Å². The minimum Gasteiger partial charge on any atom is -0.497 e. The van der Waals surface area contributed by atoms with Crippen LogP contribution in [0.1, 0.15) is 31.4 Å². The zero-order chi connectivity index (χ0) is 21.6. The van der Waals surface area contributed by atoms with Crippen molar-refractivity contribution in [1.82, 2.24) is 9.62 Å². The van der Waals surface area contributed by atoms with Crippen molar-refractivity contribution < 1.29 is 17.9 Å². The van der Waals surface area contributed by atoms with Crippen molar-refractivity contribution in [2.45, 2.75) is 30.7 Å². The van der Waals surface area contributed by atoms with Gasteiger partial charge < -0.3 is 10.1 Å². The molecule has 0 saturated carbocycles. The van der Waals surface area contributed by atoms with Gasteiger partial charge in [0.15, 0.2) is 0 Å². The molecule has 0 spiro atoms. The van der Waals surface area contributed by atoms with E-state index in [0.29, 0.717) is 22.2 Å². The van der Waals surface area contributed by atoms with Gasteiger partial charge in [-0.2, -0.15) is 0 Å². The molecule has 9 heteroatoms. The molecule has 158 valence electrons. The first-order valence-electron chi connectivity index (χ1n) is 9.00. The van der Waals surface area contributed by atoms with E-state index in [9.17, 15) is 13.2 Å². The zero-order valence-electron chi connectivity index (χ0n) is 16.5. The highest BCUT2D eigenvalue weighted by atomic mass is 35.5. The molecule has 0 aromatic heterocycles. The van der Waals surface area contributed by atoms with Gasteiger partial charge in [0.1, 0.15) is 5.75 Å². The number of ether oxygens (including phenoxy) is 1. The lowest BCUT2D eigenvalue weighted by Crippen LogP contribution is -2.30. The highest BCUT2D eigenvalue weighted by Gasteiger charge is 2.21. The van der Waals surface area contributed by atoms with Crippen LogP contribution in [0.5, 0.6) is 5.75 Å². The van der Waals surface area contributed by atoms with Gasteiger partial charge in [0.25, 0.3) is 0 Å². The van der Waals surface area contributed by atoms with Gasteiger partial charge >= 0.3 is 0 Å². The zero-order valence-corrected chi connectivity index (χ0v) is 18.8. The maximum Gasteiger partial charge on any atom is 0.242 e. The fraction of sp³-hybridized carbons (Fsp3) is 0.350. The molecule has 6 nitrogen and oxygen atoms in total. The average Bonchev–Trinajstić information content (AvgIpc) is 2.67. The molecular weight excluding hydrogens is 435 g/mol. The lowest BCUT2D eigenvalue weighted by Gasteiger charge is -2.18. The predicted octanol–water partition coefficient (Wildman–Crippen LogP) is 4.28. The van der Waals surface area contributed by atoms with Gasteiger partial charge in [0, 0.05) is 30.1 Å². The summed E-state index contributed by atoms with van der Waals surface area (Å²) >= 11 is 12.1. The van der Waals surface area contributed by atoms with E-state index < -0.39 is 10.0 Å². The third-order valence-electron chi connectivity index (χ3n) is 4.45. The molecule has 0 heterocycles. The number of nitrogens with one attached hydrogen (secondary N) is 1. The van der Waals surface area contributed by atoms with Crippen LogP contribution in [0.4, 0.5) is 0 Å². The highest BCUT2D eigenvalue weighted by Crippen LogP contribution is 2.26. The summed E-state index contributed by atoms with van der Waals surface area (Å²) in [6.07, 6.45) is 0.580. The summed E-state index contributed by atoms with van der Waals surface area (Å²) in [5.41, 5.74) is 0.767. The molecule has 1 N–H and O–H groups in total. The smallest absolute Gasteiger partial charge is 0.242 e. The molecular formula is C20H24Cl2N2O4S. The number of sulfonamides is 1. The Kier molecular flexibility index (Phi) is 8.34. The molecule has 2 rings (SSSR count). The predicted molar refractivity (Wildman–Crippen MR) is 115 cm³/mol. The Morgan fingerprint density at radius 2 is 1.83 bits per heavy atom. The fourth-order valence-corrected chi connectivity index (χ4v) is 4.54. The molecule has 29 heavy (non-hydrogen) atoms. The molecule has 0 fully saturated rings. The highest BCUT2D eigenvalue weighted by molar-refractivity contribution is 7.89. The molecule has 0 aliphatic carbocycles. The third-order valence-corrected chi connectivity index (χ3v) is 6.88. The molecule has 2 aromatic rings. The number of amides is 1. The summed E-state index contributed by atoms with van der Waals surface area (Å²) in [4.78, 5) is 12.4. The monoisotopic (exact) mass is 458 g/mol. The Hall–Kier alpha value is -1.80. The number of nitrogens with zero attached hydrogens (tertiary/aromatic N) is 1. The van der Waals surface area contributed by atoms with Crippen LogP contribution in [0, 0.1) is 0 Å². The van der Waals surface area contributed by atoms with E-state index in [1.54, 1.807) is 30.3 Å². The number of methoxy groups -OCH3 is 1. The van der Waals surface area contributed by atoms with E-state index in [2.05, 4.69) is 5.32 Å². The van der Waals surface area contributed by atoms with Crippen LogP contribution in [-0.2, 0) is 14.8 Å². The first kappa shape index (κ1) is 23.5. The van der Waals surface area contributed by atoms with Crippen LogP contribution in [0.2, 0.25) is 10.0 Å². The Morgan fingerprint density at radius 3 is 2.41 bits per heavy atom. The molecule has 1 atom stereocenters. The second-order valence-corrected chi connectivity index (χ2v) is 9.45. The summed E-state index contributed by atoms with van der Waals surface area (Å²) in [6.45, 7) is 2.05. The first-order chi connectivity index (χ1) is 13.6. The molecule has 0 aliphatic heterocycles. The molecule has 0 saturated heterocycles. The first-order valence-corrected chi connectivity index (χ1v) is 11.2. The summed E-state index contributed by atoms with van der Waals surface area (Å²) in [6, 6.07) is 11.0. The number of halogens is 2. The van der Waals surface area contributed by atoms with Gasteiger partial charge in [-0.05, 0) is 55.3 Å². The van der Waals surface area contributed by atoms with E-state index in [4.69, 9.17) is 27.9 Å². The summed E-state index contributed by atoms with van der Waals surface area (Å²) in [5, 5.41) is 3.87. The van der Waals surface area contributed by atoms with Crippen molar-refractivity contribution in [3.63, 3.8) is 0 Å². The minimum atomic E-state index is -3.62. The van der Waals surface area contributed by atoms with Gasteiger partial charge in [-0.3, -0.25) is 4.79 Å². The van der Waals surface area contributed by atoms with Crippen LogP contribution in [0.25, 0.3) is 0 Å². The maximum atomic E-state index is 12.6. The number of hydrogen-bond acceptors (Lipinski definition) is 4. The average molecular weight is 459 g/mol. The molecule has 2 aromatic carbocycles. The lowest BCUT2D eigenvalue weighted by molar-refractivity contribution is -0.121. The fourth-order valence-electron chi connectivity index (χ4n) is 2.75. The van der Waals surface area contributed by atoms with Crippen LogP contribution >= 0.6 is 23.2 Å². The Bertz CT molecular complexity index is 949. The van der Waals surface area contributed by atoms with Crippen LogP contribution in [-0.4, -0.2) is 39.3 Å². The molecule has 1 unspecified atom stereocenters. The number of carbonyl (C=O) groups excluding carboxylic acids is 1. The van der Waals surface area contributed by atoms with Crippen LogP contribution in [0.15, 0.2) is 47.4 Å². The summed E-state index contributed by atoms with van der Waals surface area (Å²) < 4.78 is 31.5. The quantitative estimate of drug-likeness (QED) is 0.608. The second-order valence-electron chi connectivity index (χ2n) is 6.56. The molecule has 1 amide bonds. The van der Waals surface area contributed by atoms with Crippen LogP contribution in [0.3, 0.4) is 0 Å². The van der Waals surface area contributed by atoms with Gasteiger partial charge in [-0.25, -0.2) is 12.7 Å². The number of benzene rings is 2. The number of carbonyl (C=O) groups is 1. The van der Waals surface area contributed by atoms with Gasteiger partial charge in [-0.1, -0.05) is 29.3 Å². The Morgan fingerprint density at radius 1 is 1.17 bits per heavy atom. The lowest BCUT2D eigenvalue weighted by atomic mass is 10.1. The van der Waals surface area contributed by atoms with Gasteiger partial charge in [0.2, 0.25) is 15.9 Å². The van der Waals surface area contributed by atoms with E-state index >= 15 is 0 Å². The normalized spacial score (nSPS) is 12.6. The van der Waals surface area contributed by atoms with Crippen molar-refractivity contribution in [3.8, 4) is 5.75 Å². The van der Waals surface area contributed by atoms with Gasteiger partial charge in [-0.15, -0.1) is 0 Å². The summed E-state index contributed by atoms with van der Waals surface area (Å²) in [5.74, 6) is 0.400. The van der Waals surface area contributed by atoms with Crippen molar-refractivity contribution in [3.05, 3.63) is 58.1 Å². The minimum absolute atomic E-state index is 0.177. The SMILES string of the molecule is COc1ccc(S(=O)(=O)N(C)CCCC(=O)NC(C)c2ccc(Cl)cc2Cl)cc1. The molecule has 0 bridgehead atoms. The Balaban J connectivity index is 1.86. The number of hydrogen-bond donors (Lipinski definition) is 1. The van der Waals surface area contributed by atoms with E-state index in [1.807, 2.05) is 6.92 Å². The van der Waals surface area contributed by atoms with Crippen molar-refractivity contribution >= 4 is 39.1 Å². The Labute approximate surface area is 181 Å². The molecule has 0 aliphatic rings. The molecule has 0 radical (unpaired) electrons. The van der Waals surface area contributed by atoms with E-state index in [0.717, 1.165) is 5.56 Å². The topological polar surface area (TPSA) is 75.7 Å². The maximum absolute atomic E-state index is 12.6. The van der Waals surface area contributed by atoms with Gasteiger partial charge in [0.05, 0.1) is 18.0 Å². The standard InChI is InChI=1S/C20H24Cl2N2O4S/c1-14(18-11-6-15(21)13-19(18)22)23-20(25)5-4-12-24(2)29(26,27)17-9-7-16(28-3)8-10-17/h6-11,13-14H,4-5,12H2,1-3H3,(H,23,25). The van der Waals surface area contributed by atoms with Crippen LogP contribution < -0.4 is 10.1 Å². The summed E-state index contributed by atoms with van der Waals surface area (Å²) in [7, 11) is -0.612. The number of rotatable bonds is 9. The third kappa shape index (κ3) is 6.34. The van der Waals surface area contributed by atoms with Crippen molar-refractivity contribution in [1.29, 1.82) is 0 Å². The van der Waals surface area contributed by atoms with E-state index in [1.165, 1.54) is 30.6 Å². The van der Waals surface area contributed by atoms with E-state index in [-0.39, 0.29) is 29.8 Å².